The molecule has 0 aliphatic carbocycles. The summed E-state index contributed by atoms with van der Waals surface area (Å²) in [6.07, 6.45) is 3.78. The smallest absolute Gasteiger partial charge is 0.247 e. The average Bonchev–Trinajstić information content (AvgIpc) is 3.02. The summed E-state index contributed by atoms with van der Waals surface area (Å²) in [5, 5.41) is 7.30. The number of anilines is 2. The van der Waals surface area contributed by atoms with E-state index >= 15 is 0 Å². The molecule has 2 aromatic heterocycles. The molecule has 0 radical (unpaired) electrons. The normalized spacial score (nSPS) is 11.0. The van der Waals surface area contributed by atoms with Gasteiger partial charge in [-0.05, 0) is 32.4 Å². The van der Waals surface area contributed by atoms with E-state index < -0.39 is 11.6 Å². The van der Waals surface area contributed by atoms with Crippen molar-refractivity contribution in [1.29, 1.82) is 0 Å². The van der Waals surface area contributed by atoms with Crippen molar-refractivity contribution in [2.24, 2.45) is 0 Å². The van der Waals surface area contributed by atoms with Crippen molar-refractivity contribution in [2.45, 2.75) is 33.3 Å². The summed E-state index contributed by atoms with van der Waals surface area (Å²) in [5.41, 5.74) is 1.79. The molecule has 0 bridgehead atoms. The topological polar surface area (TPSA) is 64.9 Å². The first-order valence-electron chi connectivity index (χ1n) is 8.25. The molecule has 0 saturated carbocycles. The lowest BCUT2D eigenvalue weighted by Gasteiger charge is -2.13. The highest BCUT2D eigenvalue weighted by atomic mass is 19.1. The Hall–Kier alpha value is -3.03. The van der Waals surface area contributed by atoms with Crippen LogP contribution in [0.2, 0.25) is 0 Å². The minimum Gasteiger partial charge on any atom is -0.489 e. The number of benzene rings is 1. The van der Waals surface area contributed by atoms with Gasteiger partial charge in [0.1, 0.15) is 23.7 Å². The fourth-order valence-corrected chi connectivity index (χ4v) is 2.44. The summed E-state index contributed by atoms with van der Waals surface area (Å²) in [7, 11) is 0. The molecule has 3 rings (SSSR count). The minimum absolute atomic E-state index is 0.0253. The van der Waals surface area contributed by atoms with Crippen molar-refractivity contribution < 1.29 is 13.5 Å². The first kappa shape index (κ1) is 17.8. The number of pyridine rings is 1. The van der Waals surface area contributed by atoms with Crippen LogP contribution in [0.4, 0.5) is 20.4 Å². The summed E-state index contributed by atoms with van der Waals surface area (Å²) in [6, 6.07) is 4.99. The van der Waals surface area contributed by atoms with Crippen molar-refractivity contribution in [2.75, 3.05) is 5.32 Å². The number of ether oxygens (including phenoxy) is 1. The number of nitrogens with one attached hydrogen (secondary N) is 1. The molecule has 0 fully saturated rings. The first-order valence-corrected chi connectivity index (χ1v) is 8.25. The highest BCUT2D eigenvalue weighted by Gasteiger charge is 2.10. The zero-order chi connectivity index (χ0) is 18.7. The molecule has 0 aliphatic heterocycles. The van der Waals surface area contributed by atoms with E-state index in [4.69, 9.17) is 4.74 Å². The summed E-state index contributed by atoms with van der Waals surface area (Å²) < 4.78 is 33.7. The number of nitrogens with zero attached hydrogens (tertiary/aromatic N) is 4. The van der Waals surface area contributed by atoms with Gasteiger partial charge in [-0.15, -0.1) is 5.10 Å². The van der Waals surface area contributed by atoms with Gasteiger partial charge >= 0.3 is 0 Å². The van der Waals surface area contributed by atoms with Crippen molar-refractivity contribution in [3.63, 3.8) is 0 Å². The van der Waals surface area contributed by atoms with Crippen LogP contribution in [0.3, 0.4) is 0 Å². The van der Waals surface area contributed by atoms with E-state index in [1.165, 1.54) is 23.1 Å². The number of aryl methyl sites for hydroxylation is 1. The van der Waals surface area contributed by atoms with E-state index in [0.717, 1.165) is 11.8 Å². The number of aromatic nitrogens is 4. The first-order chi connectivity index (χ1) is 12.4. The molecule has 136 valence electrons. The average molecular weight is 359 g/mol. The zero-order valence-electron chi connectivity index (χ0n) is 14.7. The van der Waals surface area contributed by atoms with Crippen molar-refractivity contribution in [3.05, 3.63) is 54.1 Å². The van der Waals surface area contributed by atoms with Gasteiger partial charge in [-0.1, -0.05) is 6.92 Å². The van der Waals surface area contributed by atoms with Gasteiger partial charge in [-0.3, -0.25) is 4.98 Å². The molecule has 2 heterocycles. The quantitative estimate of drug-likeness (QED) is 0.720. The molecule has 0 aliphatic rings. The second kappa shape index (κ2) is 7.47. The lowest BCUT2D eigenvalue weighted by Crippen LogP contribution is -2.07. The van der Waals surface area contributed by atoms with Crippen LogP contribution in [0.1, 0.15) is 26.5 Å². The minimum atomic E-state index is -0.680. The lowest BCUT2D eigenvalue weighted by atomic mass is 10.2. The van der Waals surface area contributed by atoms with Crippen molar-refractivity contribution in [1.82, 2.24) is 19.7 Å². The molecule has 0 unspecified atom stereocenters. The SMILES string of the molecule is CCc1ncc(OC(C)C)cc1Nc1ncn(-c2cc(F)cc(F)c2)n1. The van der Waals surface area contributed by atoms with Gasteiger partial charge in [0, 0.05) is 12.1 Å². The van der Waals surface area contributed by atoms with E-state index in [1.807, 2.05) is 26.8 Å². The molecule has 0 amide bonds. The molecule has 3 aromatic rings. The maximum absolute atomic E-state index is 13.4. The van der Waals surface area contributed by atoms with Crippen molar-refractivity contribution >= 4 is 11.6 Å². The van der Waals surface area contributed by atoms with E-state index in [2.05, 4.69) is 20.4 Å². The van der Waals surface area contributed by atoms with Crippen LogP contribution >= 0.6 is 0 Å². The Labute approximate surface area is 149 Å². The summed E-state index contributed by atoms with van der Waals surface area (Å²) in [5.74, 6) is -0.443. The number of hydrogen-bond donors (Lipinski definition) is 1. The Balaban J connectivity index is 1.86. The van der Waals surface area contributed by atoms with Crippen LogP contribution in [0.15, 0.2) is 36.8 Å². The Morgan fingerprint density at radius 2 is 1.85 bits per heavy atom. The van der Waals surface area contributed by atoms with Gasteiger partial charge in [0.15, 0.2) is 0 Å². The Morgan fingerprint density at radius 1 is 1.12 bits per heavy atom. The highest BCUT2D eigenvalue weighted by Crippen LogP contribution is 2.24. The molecule has 0 saturated heterocycles. The molecule has 0 spiro atoms. The molecule has 1 aromatic carbocycles. The van der Waals surface area contributed by atoms with E-state index in [1.54, 1.807) is 6.20 Å². The van der Waals surface area contributed by atoms with Crippen LogP contribution in [-0.2, 0) is 6.42 Å². The van der Waals surface area contributed by atoms with Crippen LogP contribution in [0.5, 0.6) is 5.75 Å². The maximum atomic E-state index is 13.4. The summed E-state index contributed by atoms with van der Waals surface area (Å²) in [6.45, 7) is 5.85. The maximum Gasteiger partial charge on any atom is 0.247 e. The fourth-order valence-electron chi connectivity index (χ4n) is 2.44. The molecular weight excluding hydrogens is 340 g/mol. The Bertz CT molecular complexity index is 890. The lowest BCUT2D eigenvalue weighted by molar-refractivity contribution is 0.241. The van der Waals surface area contributed by atoms with E-state index in [9.17, 15) is 8.78 Å². The van der Waals surface area contributed by atoms with E-state index in [-0.39, 0.29) is 17.7 Å². The summed E-state index contributed by atoms with van der Waals surface area (Å²) in [4.78, 5) is 8.53. The standard InChI is InChI=1S/C18H19F2N5O/c1-4-16-17(8-15(9-21-16)26-11(2)3)23-18-22-10-25(24-18)14-6-12(19)5-13(20)7-14/h5-11H,4H2,1-3H3,(H,23,24). The number of hydrogen-bond acceptors (Lipinski definition) is 5. The highest BCUT2D eigenvalue weighted by molar-refractivity contribution is 5.58. The Kier molecular flexibility index (Phi) is 5.11. The Morgan fingerprint density at radius 3 is 2.50 bits per heavy atom. The van der Waals surface area contributed by atoms with Crippen LogP contribution in [-0.4, -0.2) is 25.9 Å². The third-order valence-electron chi connectivity index (χ3n) is 3.50. The number of rotatable bonds is 6. The number of halogens is 2. The van der Waals surface area contributed by atoms with Crippen LogP contribution in [0, 0.1) is 11.6 Å². The van der Waals surface area contributed by atoms with Gasteiger partial charge in [-0.2, -0.15) is 4.98 Å². The van der Waals surface area contributed by atoms with E-state index in [0.29, 0.717) is 17.9 Å². The van der Waals surface area contributed by atoms with Gasteiger partial charge in [-0.25, -0.2) is 13.5 Å². The van der Waals surface area contributed by atoms with Crippen LogP contribution in [0.25, 0.3) is 5.69 Å². The monoisotopic (exact) mass is 359 g/mol. The van der Waals surface area contributed by atoms with Gasteiger partial charge in [0.2, 0.25) is 5.95 Å². The molecule has 1 N–H and O–H groups in total. The molecule has 26 heavy (non-hydrogen) atoms. The van der Waals surface area contributed by atoms with Gasteiger partial charge in [0.25, 0.3) is 0 Å². The molecule has 8 heteroatoms. The summed E-state index contributed by atoms with van der Waals surface area (Å²) >= 11 is 0. The predicted molar refractivity (Wildman–Crippen MR) is 93.9 cm³/mol. The van der Waals surface area contributed by atoms with Gasteiger partial charge < -0.3 is 10.1 Å². The fraction of sp³-hybridized carbons (Fsp3) is 0.278. The largest absolute Gasteiger partial charge is 0.489 e. The molecular formula is C18H19F2N5O. The van der Waals surface area contributed by atoms with Gasteiger partial charge in [0.05, 0.1) is 29.4 Å². The second-order valence-corrected chi connectivity index (χ2v) is 5.95. The zero-order valence-corrected chi connectivity index (χ0v) is 14.7. The third kappa shape index (κ3) is 4.14. The van der Waals surface area contributed by atoms with Crippen LogP contribution < -0.4 is 10.1 Å². The third-order valence-corrected chi connectivity index (χ3v) is 3.50. The van der Waals surface area contributed by atoms with Crippen molar-refractivity contribution in [3.8, 4) is 11.4 Å². The predicted octanol–water partition coefficient (Wildman–Crippen LogP) is 4.03. The molecule has 6 nitrogen and oxygen atoms in total. The molecule has 0 atom stereocenters. The second-order valence-electron chi connectivity index (χ2n) is 5.95.